The van der Waals surface area contributed by atoms with E-state index in [1.807, 2.05) is 36.4 Å². The molecule has 3 N–H and O–H groups in total. The maximum Gasteiger partial charge on any atom is 0.407 e. The number of aliphatic carboxylic acids is 1. The van der Waals surface area contributed by atoms with E-state index in [0.717, 1.165) is 22.3 Å². The molecule has 0 aromatic heterocycles. The lowest BCUT2D eigenvalue weighted by Crippen LogP contribution is -2.54. The summed E-state index contributed by atoms with van der Waals surface area (Å²) in [6, 6.07) is 15.0. The van der Waals surface area contributed by atoms with Crippen molar-refractivity contribution >= 4 is 18.0 Å². The van der Waals surface area contributed by atoms with Crippen LogP contribution >= 0.6 is 0 Å². The first-order valence-corrected chi connectivity index (χ1v) is 11.6. The summed E-state index contributed by atoms with van der Waals surface area (Å²) in [4.78, 5) is 36.5. The predicted molar refractivity (Wildman–Crippen MR) is 129 cm³/mol. The van der Waals surface area contributed by atoms with Gasteiger partial charge in [0.05, 0.1) is 18.6 Å². The molecule has 0 bridgehead atoms. The molecule has 3 atom stereocenters. The predicted octanol–water partition coefficient (Wildman–Crippen LogP) is 2.92. The molecule has 0 spiro atoms. The van der Waals surface area contributed by atoms with Crippen LogP contribution in [-0.2, 0) is 23.8 Å². The van der Waals surface area contributed by atoms with Gasteiger partial charge in [0.1, 0.15) is 12.6 Å². The zero-order valence-corrected chi connectivity index (χ0v) is 20.2. The van der Waals surface area contributed by atoms with Gasteiger partial charge in [0.2, 0.25) is 5.91 Å². The van der Waals surface area contributed by atoms with E-state index in [2.05, 4.69) is 22.8 Å². The second kappa shape index (κ2) is 12.3. The Balaban J connectivity index is 1.62. The normalized spacial score (nSPS) is 14.8. The lowest BCUT2D eigenvalue weighted by Gasteiger charge is -2.25. The fourth-order valence-corrected chi connectivity index (χ4v) is 4.24. The van der Waals surface area contributed by atoms with E-state index in [9.17, 15) is 14.4 Å². The first kappa shape index (κ1) is 26.2. The molecule has 9 heteroatoms. The smallest absolute Gasteiger partial charge is 0.407 e. The summed E-state index contributed by atoms with van der Waals surface area (Å²) in [5, 5.41) is 14.2. The van der Waals surface area contributed by atoms with Gasteiger partial charge in [-0.25, -0.2) is 4.79 Å². The summed E-state index contributed by atoms with van der Waals surface area (Å²) in [6.07, 6.45) is -2.34. The highest BCUT2D eigenvalue weighted by molar-refractivity contribution is 5.86. The number of carboxylic acids is 1. The van der Waals surface area contributed by atoms with Gasteiger partial charge in [-0.05, 0) is 36.1 Å². The number of carbonyl (C=O) groups excluding carboxylic acids is 2. The Morgan fingerprint density at radius 2 is 1.63 bits per heavy atom. The van der Waals surface area contributed by atoms with Crippen molar-refractivity contribution in [1.82, 2.24) is 10.6 Å². The van der Waals surface area contributed by atoms with Crippen LogP contribution in [0.3, 0.4) is 0 Å². The van der Waals surface area contributed by atoms with Crippen LogP contribution in [0, 0.1) is 0 Å². The number of methoxy groups -OCH3 is 1. The third-order valence-corrected chi connectivity index (χ3v) is 6.05. The zero-order valence-electron chi connectivity index (χ0n) is 20.2. The van der Waals surface area contributed by atoms with E-state index in [0.29, 0.717) is 6.61 Å². The number of benzene rings is 2. The van der Waals surface area contributed by atoms with E-state index < -0.39 is 36.2 Å². The van der Waals surface area contributed by atoms with Crippen molar-refractivity contribution in [2.24, 2.45) is 0 Å². The summed E-state index contributed by atoms with van der Waals surface area (Å²) >= 11 is 0. The average molecular weight is 485 g/mol. The molecule has 0 saturated heterocycles. The van der Waals surface area contributed by atoms with Gasteiger partial charge in [0, 0.05) is 26.2 Å². The topological polar surface area (TPSA) is 123 Å². The maximum atomic E-state index is 12.8. The van der Waals surface area contributed by atoms with Crippen molar-refractivity contribution in [2.45, 2.75) is 44.4 Å². The van der Waals surface area contributed by atoms with E-state index in [1.54, 1.807) is 13.8 Å². The number of alkyl carbamates (subject to hydrolysis) is 1. The summed E-state index contributed by atoms with van der Waals surface area (Å²) in [5.74, 6) is -1.66. The largest absolute Gasteiger partial charge is 0.481 e. The third-order valence-electron chi connectivity index (χ3n) is 6.05. The summed E-state index contributed by atoms with van der Waals surface area (Å²) in [6.45, 7) is 3.79. The molecule has 1 unspecified atom stereocenters. The minimum atomic E-state index is -1.04. The van der Waals surface area contributed by atoms with Crippen molar-refractivity contribution in [2.75, 3.05) is 26.9 Å². The number of hydrogen-bond acceptors (Lipinski definition) is 6. The molecule has 9 nitrogen and oxygen atoms in total. The highest BCUT2D eigenvalue weighted by Crippen LogP contribution is 2.44. The number of fused-ring (bicyclic) bond motifs is 3. The molecule has 2 aromatic rings. The van der Waals surface area contributed by atoms with Crippen molar-refractivity contribution in [3.05, 3.63) is 59.7 Å². The molecular weight excluding hydrogens is 452 g/mol. The Bertz CT molecular complexity index is 996. The number of carbonyl (C=O) groups is 3. The number of rotatable bonds is 12. The molecule has 0 heterocycles. The molecule has 0 radical (unpaired) electrons. The number of ether oxygens (including phenoxy) is 3. The molecule has 1 aliphatic rings. The zero-order chi connectivity index (χ0) is 25.4. The van der Waals surface area contributed by atoms with Crippen molar-refractivity contribution in [1.29, 1.82) is 0 Å². The molecule has 0 saturated carbocycles. The fraction of sp³-hybridized carbons (Fsp3) is 0.423. The van der Waals surface area contributed by atoms with Gasteiger partial charge in [0.15, 0.2) is 0 Å². The monoisotopic (exact) mass is 484 g/mol. The van der Waals surface area contributed by atoms with Crippen LogP contribution < -0.4 is 10.6 Å². The molecule has 0 fully saturated rings. The second-order valence-electron chi connectivity index (χ2n) is 8.31. The number of nitrogens with one attached hydrogen (secondary N) is 2. The SMILES string of the molecule is CCOC(CNC(=O)[C@@H](NC(=O)OCC1c2ccccc2-c2ccccc21)[C@@H](C)OC)CC(=O)O. The van der Waals surface area contributed by atoms with Crippen LogP contribution in [0.25, 0.3) is 11.1 Å². The van der Waals surface area contributed by atoms with Crippen molar-refractivity contribution in [3.8, 4) is 11.1 Å². The molecule has 2 amide bonds. The van der Waals surface area contributed by atoms with Gasteiger partial charge < -0.3 is 30.0 Å². The van der Waals surface area contributed by atoms with Crippen LogP contribution in [0.2, 0.25) is 0 Å². The number of amides is 2. The Labute approximate surface area is 204 Å². The second-order valence-corrected chi connectivity index (χ2v) is 8.31. The van der Waals surface area contributed by atoms with E-state index >= 15 is 0 Å². The van der Waals surface area contributed by atoms with Crippen LogP contribution in [0.4, 0.5) is 4.79 Å². The Hall–Kier alpha value is -3.43. The van der Waals surface area contributed by atoms with Crippen LogP contribution in [0.1, 0.15) is 37.3 Å². The van der Waals surface area contributed by atoms with Gasteiger partial charge >= 0.3 is 12.1 Å². The summed E-state index contributed by atoms with van der Waals surface area (Å²) in [7, 11) is 1.43. The third kappa shape index (κ3) is 6.58. The van der Waals surface area contributed by atoms with Crippen LogP contribution in [0.5, 0.6) is 0 Å². The minimum absolute atomic E-state index is 0.0156. The van der Waals surface area contributed by atoms with Crippen molar-refractivity contribution in [3.63, 3.8) is 0 Å². The van der Waals surface area contributed by atoms with Gasteiger partial charge in [0.25, 0.3) is 0 Å². The Kier molecular flexibility index (Phi) is 9.22. The van der Waals surface area contributed by atoms with Crippen LogP contribution in [0.15, 0.2) is 48.5 Å². The van der Waals surface area contributed by atoms with E-state index in [4.69, 9.17) is 19.3 Å². The lowest BCUT2D eigenvalue weighted by molar-refractivity contribution is -0.140. The van der Waals surface area contributed by atoms with Crippen LogP contribution in [-0.4, -0.2) is 68.2 Å². The van der Waals surface area contributed by atoms with Gasteiger partial charge in [-0.15, -0.1) is 0 Å². The maximum absolute atomic E-state index is 12.8. The average Bonchev–Trinajstić information content (AvgIpc) is 3.17. The van der Waals surface area contributed by atoms with Gasteiger partial charge in [-0.2, -0.15) is 0 Å². The first-order chi connectivity index (χ1) is 16.8. The van der Waals surface area contributed by atoms with Gasteiger partial charge in [-0.1, -0.05) is 48.5 Å². The molecular formula is C26H32N2O7. The molecule has 1 aliphatic carbocycles. The van der Waals surface area contributed by atoms with Gasteiger partial charge in [-0.3, -0.25) is 9.59 Å². The first-order valence-electron chi connectivity index (χ1n) is 11.6. The summed E-state index contributed by atoms with van der Waals surface area (Å²) < 4.78 is 16.2. The minimum Gasteiger partial charge on any atom is -0.481 e. The van der Waals surface area contributed by atoms with E-state index in [-0.39, 0.29) is 25.5 Å². The standard InChI is InChI=1S/C26H32N2O7/c1-4-34-17(13-23(29)30)14-27-25(31)24(16(2)33-3)28-26(32)35-15-22-20-11-7-5-9-18(20)19-10-6-8-12-21(19)22/h5-12,16-17,22,24H,4,13-15H2,1-3H3,(H,27,31)(H,28,32)(H,29,30)/t16-,17?,24+/m1/s1. The Morgan fingerprint density at radius 3 is 2.17 bits per heavy atom. The fourth-order valence-electron chi connectivity index (χ4n) is 4.24. The highest BCUT2D eigenvalue weighted by atomic mass is 16.5. The molecule has 188 valence electrons. The van der Waals surface area contributed by atoms with Crippen molar-refractivity contribution < 1.29 is 33.7 Å². The molecule has 35 heavy (non-hydrogen) atoms. The highest BCUT2D eigenvalue weighted by Gasteiger charge is 2.31. The molecule has 0 aliphatic heterocycles. The molecule has 3 rings (SSSR count). The lowest BCUT2D eigenvalue weighted by atomic mass is 9.98. The molecule has 2 aromatic carbocycles. The Morgan fingerprint density at radius 1 is 1.03 bits per heavy atom. The number of carboxylic acid groups (broad SMARTS) is 1. The summed E-state index contributed by atoms with van der Waals surface area (Å²) in [5.41, 5.74) is 4.41. The number of hydrogen-bond donors (Lipinski definition) is 3. The van der Waals surface area contributed by atoms with E-state index in [1.165, 1.54) is 7.11 Å². The quantitative estimate of drug-likeness (QED) is 0.423.